The fraction of sp³-hybridized carbons (Fsp3) is 0.333. The Bertz CT molecular complexity index is 990. The van der Waals surface area contributed by atoms with E-state index in [0.29, 0.717) is 0 Å². The lowest BCUT2D eigenvalue weighted by Gasteiger charge is -2.34. The molecule has 3 aromatic rings. The fourth-order valence-corrected chi connectivity index (χ4v) is 3.78. The number of anilines is 1. The highest BCUT2D eigenvalue weighted by Gasteiger charge is 2.21. The third kappa shape index (κ3) is 4.71. The lowest BCUT2D eigenvalue weighted by molar-refractivity contribution is 0.144. The number of nitrogens with zero attached hydrogens (tertiary/aromatic N) is 4. The highest BCUT2D eigenvalue weighted by molar-refractivity contribution is 5.89. The van der Waals surface area contributed by atoms with E-state index < -0.39 is 0 Å². The molecular formula is C24H29N5O. The average Bonchev–Trinajstić information content (AvgIpc) is 3.24. The lowest BCUT2D eigenvalue weighted by Crippen LogP contribution is -2.50. The summed E-state index contributed by atoms with van der Waals surface area (Å²) < 4.78 is 2.20. The molecule has 0 aliphatic carbocycles. The maximum absolute atomic E-state index is 12.6. The third-order valence-electron chi connectivity index (χ3n) is 5.82. The molecular weight excluding hydrogens is 374 g/mol. The number of aryl methyl sites for hydroxylation is 2. The molecule has 156 valence electrons. The van der Waals surface area contributed by atoms with Crippen LogP contribution in [-0.4, -0.2) is 58.1 Å². The molecule has 30 heavy (non-hydrogen) atoms. The molecule has 0 radical (unpaired) electrons. The number of piperazine rings is 1. The van der Waals surface area contributed by atoms with Crippen molar-refractivity contribution in [2.75, 3.05) is 38.0 Å². The molecule has 2 aromatic carbocycles. The van der Waals surface area contributed by atoms with Gasteiger partial charge in [-0.05, 0) is 37.1 Å². The monoisotopic (exact) mass is 403 g/mol. The second kappa shape index (κ2) is 9.13. The first-order valence-electron chi connectivity index (χ1n) is 10.5. The molecule has 0 unspecified atom stereocenters. The summed E-state index contributed by atoms with van der Waals surface area (Å²) in [5.74, 6) is 1.00. The summed E-state index contributed by atoms with van der Waals surface area (Å²) in [6, 6.07) is 16.3. The first-order chi connectivity index (χ1) is 14.6. The summed E-state index contributed by atoms with van der Waals surface area (Å²) in [6.45, 7) is 9.23. The molecule has 0 saturated carbocycles. The maximum Gasteiger partial charge on any atom is 0.321 e. The average molecular weight is 404 g/mol. The molecule has 0 atom stereocenters. The fourth-order valence-electron chi connectivity index (χ4n) is 3.78. The number of carbonyl (C=O) groups is 1. The zero-order valence-electron chi connectivity index (χ0n) is 17.7. The second-order valence-electron chi connectivity index (χ2n) is 7.87. The van der Waals surface area contributed by atoms with Gasteiger partial charge in [0.1, 0.15) is 5.82 Å². The Morgan fingerprint density at radius 2 is 1.73 bits per heavy atom. The number of nitrogens with one attached hydrogen (secondary N) is 1. The number of carbonyl (C=O) groups excluding carboxylic acids is 1. The van der Waals surface area contributed by atoms with Crippen LogP contribution in [0.1, 0.15) is 11.1 Å². The van der Waals surface area contributed by atoms with Crippen LogP contribution < -0.4 is 5.32 Å². The summed E-state index contributed by atoms with van der Waals surface area (Å²) in [5.41, 5.74) is 4.41. The van der Waals surface area contributed by atoms with Crippen LogP contribution in [0.5, 0.6) is 0 Å². The van der Waals surface area contributed by atoms with Crippen LogP contribution in [0.4, 0.5) is 10.5 Å². The van der Waals surface area contributed by atoms with Crippen molar-refractivity contribution in [3.63, 3.8) is 0 Å². The number of amides is 2. The summed E-state index contributed by atoms with van der Waals surface area (Å²) >= 11 is 0. The van der Waals surface area contributed by atoms with E-state index in [4.69, 9.17) is 0 Å². The van der Waals surface area contributed by atoms with E-state index in [-0.39, 0.29) is 6.03 Å². The molecule has 1 saturated heterocycles. The molecule has 0 bridgehead atoms. The van der Waals surface area contributed by atoms with Crippen molar-refractivity contribution in [2.24, 2.45) is 0 Å². The largest absolute Gasteiger partial charge is 0.330 e. The van der Waals surface area contributed by atoms with Crippen molar-refractivity contribution >= 4 is 11.7 Å². The van der Waals surface area contributed by atoms with Crippen LogP contribution in [0.15, 0.2) is 60.9 Å². The van der Waals surface area contributed by atoms with Crippen LogP contribution in [0.2, 0.25) is 0 Å². The number of benzene rings is 2. The molecule has 4 rings (SSSR count). The smallest absolute Gasteiger partial charge is 0.321 e. The van der Waals surface area contributed by atoms with Gasteiger partial charge in [0.25, 0.3) is 0 Å². The molecule has 1 aliphatic rings. The Morgan fingerprint density at radius 3 is 2.47 bits per heavy atom. The van der Waals surface area contributed by atoms with Gasteiger partial charge in [0, 0.05) is 62.9 Å². The van der Waals surface area contributed by atoms with Gasteiger partial charge >= 0.3 is 6.03 Å². The van der Waals surface area contributed by atoms with Crippen LogP contribution in [0, 0.1) is 13.8 Å². The van der Waals surface area contributed by atoms with Crippen LogP contribution in [0.3, 0.4) is 0 Å². The first-order valence-corrected chi connectivity index (χ1v) is 10.5. The molecule has 2 amide bonds. The molecule has 6 heteroatoms. The molecule has 1 N–H and O–H groups in total. The molecule has 0 spiro atoms. The van der Waals surface area contributed by atoms with Gasteiger partial charge in [0.15, 0.2) is 0 Å². The quantitative estimate of drug-likeness (QED) is 0.700. The van der Waals surface area contributed by atoms with Crippen LogP contribution >= 0.6 is 0 Å². The standard InChI is InChI=1S/C24H29N5O/c1-19-8-9-22(18-20(19)2)26-24(30)29-16-13-27(14-17-29)12-15-28-11-10-25-23(28)21-6-4-3-5-7-21/h3-11,18H,12-17H2,1-2H3,(H,26,30). The van der Waals surface area contributed by atoms with Crippen LogP contribution in [-0.2, 0) is 6.54 Å². The van der Waals surface area contributed by atoms with Gasteiger partial charge < -0.3 is 14.8 Å². The molecule has 1 aliphatic heterocycles. The number of hydrogen-bond donors (Lipinski definition) is 1. The van der Waals surface area contributed by atoms with Gasteiger partial charge in [0.05, 0.1) is 0 Å². The van der Waals surface area contributed by atoms with Crippen molar-refractivity contribution in [1.29, 1.82) is 0 Å². The molecule has 1 fully saturated rings. The maximum atomic E-state index is 12.6. The van der Waals surface area contributed by atoms with Crippen molar-refractivity contribution in [1.82, 2.24) is 19.4 Å². The van der Waals surface area contributed by atoms with E-state index in [2.05, 4.69) is 45.7 Å². The molecule has 2 heterocycles. The Morgan fingerprint density at radius 1 is 0.967 bits per heavy atom. The minimum absolute atomic E-state index is 0.0149. The zero-order chi connectivity index (χ0) is 20.9. The summed E-state index contributed by atoms with van der Waals surface area (Å²) in [6.07, 6.45) is 3.90. The number of hydrogen-bond acceptors (Lipinski definition) is 3. The third-order valence-corrected chi connectivity index (χ3v) is 5.82. The Kier molecular flexibility index (Phi) is 6.14. The zero-order valence-corrected chi connectivity index (χ0v) is 17.7. The number of rotatable bonds is 5. The number of aromatic nitrogens is 2. The number of imidazole rings is 1. The van der Waals surface area contributed by atoms with Gasteiger partial charge in [-0.3, -0.25) is 4.90 Å². The minimum Gasteiger partial charge on any atom is -0.330 e. The van der Waals surface area contributed by atoms with Gasteiger partial charge in [-0.1, -0.05) is 36.4 Å². The van der Waals surface area contributed by atoms with Gasteiger partial charge in [0.2, 0.25) is 0 Å². The van der Waals surface area contributed by atoms with Gasteiger partial charge in [-0.2, -0.15) is 0 Å². The Hall–Kier alpha value is -3.12. The lowest BCUT2D eigenvalue weighted by atomic mass is 10.1. The summed E-state index contributed by atoms with van der Waals surface area (Å²) in [5, 5.41) is 3.03. The second-order valence-corrected chi connectivity index (χ2v) is 7.87. The van der Waals surface area contributed by atoms with E-state index in [9.17, 15) is 4.79 Å². The predicted octanol–water partition coefficient (Wildman–Crippen LogP) is 4.02. The number of urea groups is 1. The highest BCUT2D eigenvalue weighted by atomic mass is 16.2. The Labute approximate surface area is 178 Å². The van der Waals surface area contributed by atoms with E-state index in [1.54, 1.807) is 0 Å². The predicted molar refractivity (Wildman–Crippen MR) is 121 cm³/mol. The van der Waals surface area contributed by atoms with Crippen LogP contribution in [0.25, 0.3) is 11.4 Å². The van der Waals surface area contributed by atoms with Gasteiger partial charge in [-0.15, -0.1) is 0 Å². The van der Waals surface area contributed by atoms with E-state index in [0.717, 1.165) is 56.3 Å². The topological polar surface area (TPSA) is 53.4 Å². The summed E-state index contributed by atoms with van der Waals surface area (Å²) in [4.78, 5) is 21.4. The van der Waals surface area contributed by atoms with Gasteiger partial charge in [-0.25, -0.2) is 9.78 Å². The van der Waals surface area contributed by atoms with E-state index in [1.165, 1.54) is 11.1 Å². The minimum atomic E-state index is -0.0149. The van der Waals surface area contributed by atoms with E-state index >= 15 is 0 Å². The van der Waals surface area contributed by atoms with Crippen molar-refractivity contribution in [3.8, 4) is 11.4 Å². The van der Waals surface area contributed by atoms with E-state index in [1.807, 2.05) is 53.7 Å². The highest BCUT2D eigenvalue weighted by Crippen LogP contribution is 2.17. The molecule has 1 aromatic heterocycles. The first kappa shape index (κ1) is 20.2. The van der Waals surface area contributed by atoms with Crippen molar-refractivity contribution in [2.45, 2.75) is 20.4 Å². The molecule has 6 nitrogen and oxygen atoms in total. The SMILES string of the molecule is Cc1ccc(NC(=O)N2CCN(CCn3ccnc3-c3ccccc3)CC2)cc1C. The normalized spacial score (nSPS) is 14.7. The van der Waals surface area contributed by atoms with Crippen molar-refractivity contribution < 1.29 is 4.79 Å². The summed E-state index contributed by atoms with van der Waals surface area (Å²) in [7, 11) is 0. The van der Waals surface area contributed by atoms with Crippen molar-refractivity contribution in [3.05, 3.63) is 72.1 Å². The Balaban J connectivity index is 1.27.